The zero-order chi connectivity index (χ0) is 8.48. The number of aliphatic hydroxyl groups excluding tert-OH is 1. The highest BCUT2D eigenvalue weighted by Gasteiger charge is 2.48. The fraction of sp³-hybridized carbons (Fsp3) is 0.500. The van der Waals surface area contributed by atoms with Gasteiger partial charge in [-0.25, -0.2) is 0 Å². The van der Waals surface area contributed by atoms with Gasteiger partial charge >= 0.3 is 11.9 Å². The van der Waals surface area contributed by atoms with Crippen LogP contribution >= 0.6 is 0 Å². The second kappa shape index (κ2) is 2.43. The van der Waals surface area contributed by atoms with Gasteiger partial charge in [-0.05, 0) is 0 Å². The molecule has 0 radical (unpaired) electrons. The maximum atomic E-state index is 12.3. The lowest BCUT2D eigenvalue weighted by Gasteiger charge is -1.93. The predicted molar refractivity (Wildman–Crippen MR) is 33.7 cm³/mol. The number of allylic oxidation sites excluding steroid dienone is 1. The molecule has 1 N–H and O–H groups in total. The average Bonchev–Trinajstić information content (AvgIpc) is 2.29. The molecule has 1 rings (SSSR count). The molecule has 5 heteroatoms. The molecule has 3 nitrogen and oxygen atoms in total. The number of hydrogen-bond donors (Lipinski definition) is 1. The summed E-state index contributed by atoms with van der Waals surface area (Å²) < 4.78 is 28.9. The molecule has 0 atom stereocenters. The molecule has 0 fully saturated rings. The van der Waals surface area contributed by atoms with Crippen LogP contribution in [0.1, 0.15) is 6.42 Å². The largest absolute Gasteiger partial charge is 0.464 e. The van der Waals surface area contributed by atoms with Crippen LogP contribution in [0.2, 0.25) is 0 Å². The Bertz CT molecular complexity index is 223. The van der Waals surface area contributed by atoms with E-state index < -0.39 is 18.3 Å². The second-order valence-electron chi connectivity index (χ2n) is 2.06. The Labute approximate surface area is 62.0 Å². The van der Waals surface area contributed by atoms with E-state index >= 15 is 0 Å². The van der Waals surface area contributed by atoms with E-state index in [1.54, 1.807) is 6.21 Å². The third-order valence-corrected chi connectivity index (χ3v) is 1.18. The third-order valence-electron chi connectivity index (χ3n) is 1.18. The number of hydrogen-bond acceptors (Lipinski definition) is 3. The number of halogens is 2. The van der Waals surface area contributed by atoms with Gasteiger partial charge in [0, 0.05) is 4.99 Å². The van der Waals surface area contributed by atoms with Gasteiger partial charge in [-0.1, -0.05) is 0 Å². The summed E-state index contributed by atoms with van der Waals surface area (Å²) in [5.41, 5.74) is -0.169. The summed E-state index contributed by atoms with van der Waals surface area (Å²) in [7, 11) is 1.17. The monoisotopic (exact) mass is 162 g/mol. The van der Waals surface area contributed by atoms with Crippen molar-refractivity contribution < 1.29 is 18.6 Å². The minimum Gasteiger partial charge on any atom is -0.464 e. The van der Waals surface area contributed by atoms with E-state index in [1.807, 2.05) is 0 Å². The van der Waals surface area contributed by atoms with Gasteiger partial charge in [0.2, 0.25) is 0 Å². The molecule has 60 valence electrons. The molecule has 0 aromatic heterocycles. The van der Waals surface area contributed by atoms with Crippen LogP contribution in [0.4, 0.5) is 8.78 Å². The van der Waals surface area contributed by atoms with Crippen LogP contribution in [0.5, 0.6) is 0 Å². The molecular formula is C6H6F2NO2+. The van der Waals surface area contributed by atoms with E-state index in [1.165, 1.54) is 7.11 Å². The Hall–Kier alpha value is -1.22. The third kappa shape index (κ3) is 1.62. The van der Waals surface area contributed by atoms with E-state index in [0.29, 0.717) is 0 Å². The van der Waals surface area contributed by atoms with E-state index in [0.717, 1.165) is 0 Å². The van der Waals surface area contributed by atoms with Gasteiger partial charge in [0.05, 0.1) is 7.11 Å². The lowest BCUT2D eigenvalue weighted by molar-refractivity contribution is 0.0819. The zero-order valence-electron chi connectivity index (χ0n) is 5.77. The molecule has 0 bridgehead atoms. The lowest BCUT2D eigenvalue weighted by atomic mass is 10.2. The van der Waals surface area contributed by atoms with Crippen molar-refractivity contribution in [3.05, 3.63) is 11.6 Å². The molecular weight excluding hydrogens is 156 g/mol. The molecule has 0 saturated carbocycles. The lowest BCUT2D eigenvalue weighted by Crippen LogP contribution is -2.12. The number of ether oxygens (including phenoxy) is 1. The summed E-state index contributed by atoms with van der Waals surface area (Å²) in [5, 5.41) is 8.78. The Morgan fingerprint density at radius 3 is 2.82 bits per heavy atom. The first-order valence-electron chi connectivity index (χ1n) is 2.87. The average molecular weight is 162 g/mol. The predicted octanol–water partition coefficient (Wildman–Crippen LogP) is 1.35. The molecule has 1 aliphatic rings. The van der Waals surface area contributed by atoms with Crippen LogP contribution in [0, 0.1) is 0 Å². The van der Waals surface area contributed by atoms with Crippen molar-refractivity contribution in [1.29, 1.82) is 0 Å². The summed E-state index contributed by atoms with van der Waals surface area (Å²) >= 11 is 0. The normalized spacial score (nSPS) is 24.6. The van der Waals surface area contributed by atoms with Gasteiger partial charge in [-0.15, -0.1) is 0 Å². The molecule has 0 spiro atoms. The highest BCUT2D eigenvalue weighted by molar-refractivity contribution is 5.71. The van der Waals surface area contributed by atoms with Gasteiger partial charge in [0.15, 0.2) is 6.42 Å². The van der Waals surface area contributed by atoms with E-state index in [2.05, 4.69) is 9.73 Å². The fourth-order valence-corrected chi connectivity index (χ4v) is 0.680. The van der Waals surface area contributed by atoms with Crippen LogP contribution in [0.3, 0.4) is 0 Å². The zero-order valence-corrected chi connectivity index (χ0v) is 5.77. The number of nitrogens with zero attached hydrogens (tertiary/aromatic N) is 1. The summed E-state index contributed by atoms with van der Waals surface area (Å²) in [6.07, 6.45) is 0.909. The molecule has 0 saturated heterocycles. The minimum absolute atomic E-state index is 0.169. The summed E-state index contributed by atoms with van der Waals surface area (Å²) in [4.78, 5) is 3.16. The number of aliphatic hydroxyl groups is 1. The molecule has 0 amide bonds. The summed E-state index contributed by atoms with van der Waals surface area (Å²) in [6.45, 7) is 0. The first kappa shape index (κ1) is 7.88. The van der Waals surface area contributed by atoms with Gasteiger partial charge < -0.3 is 9.84 Å². The van der Waals surface area contributed by atoms with E-state index in [-0.39, 0.29) is 5.70 Å². The number of aliphatic imine (C=N–C) groups is 1. The van der Waals surface area contributed by atoms with Crippen molar-refractivity contribution in [1.82, 2.24) is 0 Å². The van der Waals surface area contributed by atoms with Crippen molar-refractivity contribution in [2.24, 2.45) is 4.99 Å². The Morgan fingerprint density at radius 1 is 1.82 bits per heavy atom. The first-order valence-corrected chi connectivity index (χ1v) is 2.87. The van der Waals surface area contributed by atoms with Crippen molar-refractivity contribution in [3.63, 3.8) is 0 Å². The molecule has 0 aromatic carbocycles. The first-order chi connectivity index (χ1) is 5.05. The highest BCUT2D eigenvalue weighted by Crippen LogP contribution is 2.29. The SMILES string of the molecule is CO/C(O)=C1/CC(F)(F)[C+]=N1. The number of rotatable bonds is 1. The smallest absolute Gasteiger partial charge is 0.426 e. The van der Waals surface area contributed by atoms with Gasteiger partial charge in [0.25, 0.3) is 11.9 Å². The summed E-state index contributed by atoms with van der Waals surface area (Å²) in [5.74, 6) is -3.64. The van der Waals surface area contributed by atoms with Crippen LogP contribution in [0.25, 0.3) is 0 Å². The minimum atomic E-state index is -3.07. The van der Waals surface area contributed by atoms with Crippen molar-refractivity contribution in [2.45, 2.75) is 12.3 Å². The maximum absolute atomic E-state index is 12.3. The molecule has 0 aromatic rings. The van der Waals surface area contributed by atoms with Gasteiger partial charge in [-0.2, -0.15) is 8.78 Å². The van der Waals surface area contributed by atoms with E-state index in [4.69, 9.17) is 5.11 Å². The van der Waals surface area contributed by atoms with Crippen molar-refractivity contribution in [2.75, 3.05) is 7.11 Å². The maximum Gasteiger partial charge on any atom is 0.426 e. The quantitative estimate of drug-likeness (QED) is 0.467. The van der Waals surface area contributed by atoms with Crippen LogP contribution < -0.4 is 0 Å². The number of methoxy groups -OCH3 is 1. The van der Waals surface area contributed by atoms with Crippen molar-refractivity contribution >= 4 is 6.21 Å². The van der Waals surface area contributed by atoms with Gasteiger partial charge in [0.1, 0.15) is 0 Å². The van der Waals surface area contributed by atoms with Gasteiger partial charge in [-0.3, -0.25) is 0 Å². The Balaban J connectivity index is 2.78. The molecule has 1 aliphatic heterocycles. The molecule has 1 heterocycles. The van der Waals surface area contributed by atoms with E-state index in [9.17, 15) is 8.78 Å². The molecule has 11 heavy (non-hydrogen) atoms. The van der Waals surface area contributed by atoms with Crippen LogP contribution in [0.15, 0.2) is 16.6 Å². The molecule has 0 aliphatic carbocycles. The van der Waals surface area contributed by atoms with Crippen LogP contribution in [-0.4, -0.2) is 24.4 Å². The Kier molecular flexibility index (Phi) is 1.74. The molecule has 0 unspecified atom stereocenters. The second-order valence-corrected chi connectivity index (χ2v) is 2.06. The van der Waals surface area contributed by atoms with Crippen LogP contribution in [-0.2, 0) is 4.74 Å². The summed E-state index contributed by atoms with van der Waals surface area (Å²) in [6, 6.07) is 0. The Morgan fingerprint density at radius 2 is 2.45 bits per heavy atom. The standard InChI is InChI=1S/C6H5F2NO2/c1-11-5(10)4-2-6(7,8)3-9-4/h2H2,1H3/p+1/b5-4-. The number of alkyl halides is 2. The topological polar surface area (TPSA) is 41.8 Å². The van der Waals surface area contributed by atoms with Crippen molar-refractivity contribution in [3.8, 4) is 0 Å². The fourth-order valence-electron chi connectivity index (χ4n) is 0.680. The highest BCUT2D eigenvalue weighted by atomic mass is 19.3.